The first-order chi connectivity index (χ1) is 10.8. The SMILES string of the molecule is CC(C)C[C@H](c1cccc(OC(F)(F)F)c1O)N1CCNCC1. The Morgan fingerprint density at radius 1 is 1.26 bits per heavy atom. The quantitative estimate of drug-likeness (QED) is 0.868. The van der Waals surface area contributed by atoms with Gasteiger partial charge < -0.3 is 15.2 Å². The number of rotatable bonds is 5. The number of para-hydroxylation sites is 1. The maximum atomic E-state index is 12.5. The summed E-state index contributed by atoms with van der Waals surface area (Å²) >= 11 is 0. The van der Waals surface area contributed by atoms with Gasteiger partial charge in [-0.25, -0.2) is 0 Å². The minimum absolute atomic E-state index is 0.131. The van der Waals surface area contributed by atoms with Crippen LogP contribution in [0.4, 0.5) is 13.2 Å². The number of piperazine rings is 1. The third kappa shape index (κ3) is 5.00. The predicted octanol–water partition coefficient (Wildman–Crippen LogP) is 3.28. The zero-order chi connectivity index (χ0) is 17.0. The minimum Gasteiger partial charge on any atom is -0.504 e. The monoisotopic (exact) mass is 332 g/mol. The summed E-state index contributed by atoms with van der Waals surface area (Å²) in [6.07, 6.45) is -4.07. The van der Waals surface area contributed by atoms with Crippen LogP contribution in [-0.4, -0.2) is 42.5 Å². The summed E-state index contributed by atoms with van der Waals surface area (Å²) in [4.78, 5) is 2.20. The highest BCUT2D eigenvalue weighted by molar-refractivity contribution is 5.47. The Hall–Kier alpha value is -1.47. The van der Waals surface area contributed by atoms with Crippen molar-refractivity contribution in [3.8, 4) is 11.5 Å². The number of nitrogens with one attached hydrogen (secondary N) is 1. The fourth-order valence-electron chi connectivity index (χ4n) is 2.93. The highest BCUT2D eigenvalue weighted by Gasteiger charge is 2.34. The van der Waals surface area contributed by atoms with E-state index in [1.165, 1.54) is 6.07 Å². The third-order valence-electron chi connectivity index (χ3n) is 3.90. The smallest absolute Gasteiger partial charge is 0.504 e. The second-order valence-corrected chi connectivity index (χ2v) is 6.17. The molecule has 1 aliphatic rings. The molecule has 1 heterocycles. The number of alkyl halides is 3. The molecule has 0 saturated carbocycles. The second kappa shape index (κ2) is 7.40. The lowest BCUT2D eigenvalue weighted by molar-refractivity contribution is -0.275. The Kier molecular flexibility index (Phi) is 5.75. The molecule has 1 fully saturated rings. The summed E-state index contributed by atoms with van der Waals surface area (Å²) in [6.45, 7) is 7.36. The van der Waals surface area contributed by atoms with Crippen LogP contribution >= 0.6 is 0 Å². The van der Waals surface area contributed by atoms with E-state index in [-0.39, 0.29) is 6.04 Å². The van der Waals surface area contributed by atoms with E-state index < -0.39 is 17.9 Å². The lowest BCUT2D eigenvalue weighted by Crippen LogP contribution is -2.45. The number of aromatic hydroxyl groups is 1. The van der Waals surface area contributed by atoms with Crippen LogP contribution in [-0.2, 0) is 0 Å². The molecule has 0 aliphatic carbocycles. The largest absolute Gasteiger partial charge is 0.573 e. The van der Waals surface area contributed by atoms with Crippen LogP contribution < -0.4 is 10.1 Å². The summed E-state index contributed by atoms with van der Waals surface area (Å²) in [7, 11) is 0. The van der Waals surface area contributed by atoms with Gasteiger partial charge in [0.1, 0.15) is 0 Å². The Labute approximate surface area is 134 Å². The Morgan fingerprint density at radius 2 is 1.91 bits per heavy atom. The molecule has 7 heteroatoms. The van der Waals surface area contributed by atoms with Crippen molar-refractivity contribution < 1.29 is 23.0 Å². The fraction of sp³-hybridized carbons (Fsp3) is 0.625. The van der Waals surface area contributed by atoms with Crippen LogP contribution in [0.1, 0.15) is 31.9 Å². The Balaban J connectivity index is 2.32. The van der Waals surface area contributed by atoms with Gasteiger partial charge in [-0.05, 0) is 18.4 Å². The zero-order valence-corrected chi connectivity index (χ0v) is 13.4. The van der Waals surface area contributed by atoms with E-state index in [4.69, 9.17) is 0 Å². The Bertz CT molecular complexity index is 515. The number of halogens is 3. The molecule has 1 aromatic rings. The molecule has 0 amide bonds. The number of hydrogen-bond donors (Lipinski definition) is 2. The van der Waals surface area contributed by atoms with Gasteiger partial charge in [-0.2, -0.15) is 0 Å². The highest BCUT2D eigenvalue weighted by atomic mass is 19.4. The van der Waals surface area contributed by atoms with E-state index in [1.54, 1.807) is 6.07 Å². The number of benzene rings is 1. The van der Waals surface area contributed by atoms with Gasteiger partial charge in [0, 0.05) is 37.8 Å². The van der Waals surface area contributed by atoms with Gasteiger partial charge in [0.15, 0.2) is 11.5 Å². The molecule has 1 saturated heterocycles. The van der Waals surface area contributed by atoms with E-state index in [0.717, 1.165) is 38.7 Å². The van der Waals surface area contributed by atoms with Gasteiger partial charge in [-0.1, -0.05) is 26.0 Å². The van der Waals surface area contributed by atoms with E-state index >= 15 is 0 Å². The van der Waals surface area contributed by atoms with Crippen LogP contribution in [0.5, 0.6) is 11.5 Å². The van der Waals surface area contributed by atoms with E-state index in [0.29, 0.717) is 11.5 Å². The number of phenolic OH excluding ortho intramolecular Hbond substituents is 1. The Morgan fingerprint density at radius 3 is 2.48 bits per heavy atom. The number of hydrogen-bond acceptors (Lipinski definition) is 4. The van der Waals surface area contributed by atoms with Crippen LogP contribution in [0.25, 0.3) is 0 Å². The molecule has 23 heavy (non-hydrogen) atoms. The molecule has 1 aliphatic heterocycles. The van der Waals surface area contributed by atoms with Crippen molar-refractivity contribution >= 4 is 0 Å². The van der Waals surface area contributed by atoms with Crippen LogP contribution in [0.15, 0.2) is 18.2 Å². The van der Waals surface area contributed by atoms with Crippen molar-refractivity contribution in [2.45, 2.75) is 32.7 Å². The first-order valence-electron chi connectivity index (χ1n) is 7.80. The fourth-order valence-corrected chi connectivity index (χ4v) is 2.93. The molecule has 2 rings (SSSR count). The number of nitrogens with zero attached hydrogens (tertiary/aromatic N) is 1. The standard InChI is InChI=1S/C16H23F3N2O2/c1-11(2)10-13(21-8-6-20-7-9-21)12-4-3-5-14(15(12)22)23-16(17,18)19/h3-5,11,13,20,22H,6-10H2,1-2H3/t13-/m1/s1. The second-order valence-electron chi connectivity index (χ2n) is 6.17. The van der Waals surface area contributed by atoms with Crippen molar-refractivity contribution in [3.63, 3.8) is 0 Å². The maximum Gasteiger partial charge on any atom is 0.573 e. The summed E-state index contributed by atoms with van der Waals surface area (Å²) in [5, 5.41) is 13.6. The normalized spacial score (nSPS) is 18.2. The first-order valence-corrected chi connectivity index (χ1v) is 7.80. The molecule has 1 atom stereocenters. The van der Waals surface area contributed by atoms with Gasteiger partial charge in [-0.3, -0.25) is 4.90 Å². The molecule has 0 unspecified atom stereocenters. The molecule has 0 bridgehead atoms. The summed E-state index contributed by atoms with van der Waals surface area (Å²) in [5.74, 6) is -0.616. The summed E-state index contributed by atoms with van der Waals surface area (Å²) in [5.41, 5.74) is 0.488. The molecule has 2 N–H and O–H groups in total. The molecule has 1 aromatic carbocycles. The van der Waals surface area contributed by atoms with Gasteiger partial charge in [0.2, 0.25) is 0 Å². The topological polar surface area (TPSA) is 44.7 Å². The van der Waals surface area contributed by atoms with E-state index in [2.05, 4.69) is 28.8 Å². The predicted molar refractivity (Wildman–Crippen MR) is 81.4 cm³/mol. The molecule has 0 aromatic heterocycles. The van der Waals surface area contributed by atoms with Crippen LogP contribution in [0, 0.1) is 5.92 Å². The summed E-state index contributed by atoms with van der Waals surface area (Å²) in [6, 6.07) is 4.17. The van der Waals surface area contributed by atoms with Crippen molar-refractivity contribution in [1.82, 2.24) is 10.2 Å². The average molecular weight is 332 g/mol. The van der Waals surface area contributed by atoms with E-state index in [1.807, 2.05) is 0 Å². The maximum absolute atomic E-state index is 12.5. The van der Waals surface area contributed by atoms with E-state index in [9.17, 15) is 18.3 Å². The average Bonchev–Trinajstić information content (AvgIpc) is 2.47. The van der Waals surface area contributed by atoms with Gasteiger partial charge in [-0.15, -0.1) is 13.2 Å². The lowest BCUT2D eigenvalue weighted by Gasteiger charge is -2.36. The third-order valence-corrected chi connectivity index (χ3v) is 3.90. The van der Waals surface area contributed by atoms with Gasteiger partial charge in [0.05, 0.1) is 0 Å². The molecule has 0 radical (unpaired) electrons. The molecular weight excluding hydrogens is 309 g/mol. The molecule has 4 nitrogen and oxygen atoms in total. The van der Waals surface area contributed by atoms with Gasteiger partial charge >= 0.3 is 6.36 Å². The van der Waals surface area contributed by atoms with Crippen molar-refractivity contribution in [1.29, 1.82) is 0 Å². The zero-order valence-electron chi connectivity index (χ0n) is 13.4. The van der Waals surface area contributed by atoms with Crippen molar-refractivity contribution in [3.05, 3.63) is 23.8 Å². The van der Waals surface area contributed by atoms with Crippen LogP contribution in [0.2, 0.25) is 0 Å². The minimum atomic E-state index is -4.82. The lowest BCUT2D eigenvalue weighted by atomic mass is 9.94. The molecular formula is C16H23F3N2O2. The number of ether oxygens (including phenoxy) is 1. The van der Waals surface area contributed by atoms with Crippen molar-refractivity contribution in [2.24, 2.45) is 5.92 Å². The summed E-state index contributed by atoms with van der Waals surface area (Å²) < 4.78 is 41.3. The van der Waals surface area contributed by atoms with Crippen molar-refractivity contribution in [2.75, 3.05) is 26.2 Å². The number of phenols is 1. The highest BCUT2D eigenvalue weighted by Crippen LogP contribution is 2.40. The van der Waals surface area contributed by atoms with Crippen LogP contribution in [0.3, 0.4) is 0 Å². The first kappa shape index (κ1) is 17.9. The molecule has 130 valence electrons. The molecule has 0 spiro atoms. The van der Waals surface area contributed by atoms with Gasteiger partial charge in [0.25, 0.3) is 0 Å².